The van der Waals surface area contributed by atoms with Crippen LogP contribution in [-0.4, -0.2) is 29.1 Å². The molecule has 0 aliphatic carbocycles. The topological polar surface area (TPSA) is 67.3 Å². The Morgan fingerprint density at radius 2 is 1.75 bits per heavy atom. The molecule has 0 fully saturated rings. The van der Waals surface area contributed by atoms with Gasteiger partial charge in [0.05, 0.1) is 12.2 Å². The minimum absolute atomic E-state index is 0.323. The zero-order valence-electron chi connectivity index (χ0n) is 16.3. The Hall–Kier alpha value is -3.41. The number of nitrogens with zero attached hydrogens (tertiary/aromatic N) is 3. The quantitative estimate of drug-likeness (QED) is 0.594. The minimum Gasteiger partial charge on any atom is -0.462 e. The van der Waals surface area contributed by atoms with Crippen molar-refractivity contribution in [2.45, 2.75) is 20.8 Å². The standard InChI is InChI=1S/C22H24N4O2/c1-4-26(19-9-7-6-8-10-19)22-23-16(3)15-20(25-22)24-18-13-11-17(12-14-18)21(27)28-5-2/h6-15H,4-5H2,1-3H3,(H,23,24,25). The molecule has 0 saturated heterocycles. The lowest BCUT2D eigenvalue weighted by atomic mass is 10.2. The molecule has 0 bridgehead atoms. The number of aromatic nitrogens is 2. The van der Waals surface area contributed by atoms with Crippen molar-refractivity contribution in [1.82, 2.24) is 9.97 Å². The third-order valence-corrected chi connectivity index (χ3v) is 4.14. The van der Waals surface area contributed by atoms with E-state index in [1.165, 1.54) is 0 Å². The molecule has 3 rings (SSSR count). The number of carbonyl (C=O) groups is 1. The van der Waals surface area contributed by atoms with Crippen LogP contribution in [0.5, 0.6) is 0 Å². The highest BCUT2D eigenvalue weighted by Gasteiger charge is 2.12. The van der Waals surface area contributed by atoms with E-state index in [1.807, 2.05) is 55.5 Å². The summed E-state index contributed by atoms with van der Waals surface area (Å²) in [5, 5.41) is 3.28. The predicted molar refractivity (Wildman–Crippen MR) is 112 cm³/mol. The van der Waals surface area contributed by atoms with E-state index >= 15 is 0 Å². The Balaban J connectivity index is 1.82. The van der Waals surface area contributed by atoms with Gasteiger partial charge < -0.3 is 15.0 Å². The van der Waals surface area contributed by atoms with E-state index in [-0.39, 0.29) is 5.97 Å². The second-order valence-electron chi connectivity index (χ2n) is 6.20. The number of aryl methyl sites for hydroxylation is 1. The number of para-hydroxylation sites is 1. The summed E-state index contributed by atoms with van der Waals surface area (Å²) in [6.45, 7) is 6.91. The van der Waals surface area contributed by atoms with E-state index in [4.69, 9.17) is 4.74 Å². The van der Waals surface area contributed by atoms with Gasteiger partial charge in [0, 0.05) is 29.7 Å². The number of anilines is 4. The van der Waals surface area contributed by atoms with Crippen molar-refractivity contribution in [3.63, 3.8) is 0 Å². The van der Waals surface area contributed by atoms with Gasteiger partial charge in [0.1, 0.15) is 5.82 Å². The fourth-order valence-electron chi connectivity index (χ4n) is 2.84. The molecule has 0 spiro atoms. The number of hydrogen-bond acceptors (Lipinski definition) is 6. The maximum atomic E-state index is 11.8. The van der Waals surface area contributed by atoms with E-state index in [2.05, 4.69) is 27.1 Å². The smallest absolute Gasteiger partial charge is 0.338 e. The van der Waals surface area contributed by atoms with E-state index in [9.17, 15) is 4.79 Å². The third-order valence-electron chi connectivity index (χ3n) is 4.14. The molecule has 0 radical (unpaired) electrons. The molecule has 6 nitrogen and oxygen atoms in total. The number of ether oxygens (including phenoxy) is 1. The second-order valence-corrected chi connectivity index (χ2v) is 6.20. The van der Waals surface area contributed by atoms with Crippen molar-refractivity contribution in [2.75, 3.05) is 23.4 Å². The highest BCUT2D eigenvalue weighted by molar-refractivity contribution is 5.89. The fourth-order valence-corrected chi connectivity index (χ4v) is 2.84. The summed E-state index contributed by atoms with van der Waals surface area (Å²) in [7, 11) is 0. The van der Waals surface area contributed by atoms with Gasteiger partial charge in [-0.3, -0.25) is 0 Å². The van der Waals surface area contributed by atoms with Crippen molar-refractivity contribution in [3.8, 4) is 0 Å². The third kappa shape index (κ3) is 4.65. The lowest BCUT2D eigenvalue weighted by Gasteiger charge is -2.22. The van der Waals surface area contributed by atoms with E-state index in [0.29, 0.717) is 23.9 Å². The number of esters is 1. The van der Waals surface area contributed by atoms with Crippen molar-refractivity contribution >= 4 is 29.1 Å². The Labute approximate surface area is 165 Å². The molecule has 1 aromatic heterocycles. The van der Waals surface area contributed by atoms with Crippen molar-refractivity contribution in [2.24, 2.45) is 0 Å². The minimum atomic E-state index is -0.323. The van der Waals surface area contributed by atoms with Crippen LogP contribution in [-0.2, 0) is 4.74 Å². The summed E-state index contributed by atoms with van der Waals surface area (Å²) in [5.41, 5.74) is 3.26. The van der Waals surface area contributed by atoms with Crippen LogP contribution in [0.25, 0.3) is 0 Å². The zero-order valence-corrected chi connectivity index (χ0v) is 16.3. The zero-order chi connectivity index (χ0) is 19.9. The predicted octanol–water partition coefficient (Wildman–Crippen LogP) is 4.86. The molecule has 144 valence electrons. The number of rotatable bonds is 7. The number of benzene rings is 2. The molecule has 0 saturated carbocycles. The highest BCUT2D eigenvalue weighted by atomic mass is 16.5. The van der Waals surface area contributed by atoms with E-state index in [1.54, 1.807) is 19.1 Å². The van der Waals surface area contributed by atoms with Gasteiger partial charge in [-0.2, -0.15) is 4.98 Å². The maximum Gasteiger partial charge on any atom is 0.338 e. The number of carbonyl (C=O) groups excluding carboxylic acids is 1. The Bertz CT molecular complexity index is 927. The summed E-state index contributed by atoms with van der Waals surface area (Å²) in [5.74, 6) is 1.01. The first-order valence-corrected chi connectivity index (χ1v) is 9.33. The molecular formula is C22H24N4O2. The molecule has 1 N–H and O–H groups in total. The van der Waals surface area contributed by atoms with E-state index in [0.717, 1.165) is 23.6 Å². The first kappa shape index (κ1) is 19.4. The van der Waals surface area contributed by atoms with Gasteiger partial charge in [-0.1, -0.05) is 18.2 Å². The number of nitrogens with one attached hydrogen (secondary N) is 1. The molecule has 0 aliphatic rings. The second kappa shape index (κ2) is 8.99. The highest BCUT2D eigenvalue weighted by Crippen LogP contribution is 2.24. The summed E-state index contributed by atoms with van der Waals surface area (Å²) in [6, 6.07) is 19.1. The first-order valence-electron chi connectivity index (χ1n) is 9.33. The van der Waals surface area contributed by atoms with Gasteiger partial charge in [-0.15, -0.1) is 0 Å². The van der Waals surface area contributed by atoms with Crippen LogP contribution < -0.4 is 10.2 Å². The molecular weight excluding hydrogens is 352 g/mol. The fraction of sp³-hybridized carbons (Fsp3) is 0.227. The van der Waals surface area contributed by atoms with Gasteiger partial charge in [-0.25, -0.2) is 9.78 Å². The van der Waals surface area contributed by atoms with Gasteiger partial charge in [0.15, 0.2) is 0 Å². The molecule has 0 aliphatic heterocycles. The Morgan fingerprint density at radius 1 is 1.04 bits per heavy atom. The summed E-state index contributed by atoms with van der Waals surface area (Å²) >= 11 is 0. The summed E-state index contributed by atoms with van der Waals surface area (Å²) in [6.07, 6.45) is 0. The monoisotopic (exact) mass is 376 g/mol. The van der Waals surface area contributed by atoms with E-state index < -0.39 is 0 Å². The normalized spacial score (nSPS) is 10.4. The molecule has 3 aromatic rings. The van der Waals surface area contributed by atoms with Gasteiger partial charge in [0.2, 0.25) is 5.95 Å². The number of hydrogen-bond donors (Lipinski definition) is 1. The molecule has 0 unspecified atom stereocenters. The lowest BCUT2D eigenvalue weighted by Crippen LogP contribution is -2.19. The molecule has 28 heavy (non-hydrogen) atoms. The Morgan fingerprint density at radius 3 is 2.39 bits per heavy atom. The Kier molecular flexibility index (Phi) is 6.22. The van der Waals surface area contributed by atoms with Gasteiger partial charge in [-0.05, 0) is 57.2 Å². The van der Waals surface area contributed by atoms with Crippen LogP contribution in [0.1, 0.15) is 29.9 Å². The molecule has 2 aromatic carbocycles. The van der Waals surface area contributed by atoms with Crippen LogP contribution in [0.2, 0.25) is 0 Å². The molecule has 6 heteroatoms. The average molecular weight is 376 g/mol. The summed E-state index contributed by atoms with van der Waals surface area (Å²) < 4.78 is 5.01. The van der Waals surface area contributed by atoms with Crippen molar-refractivity contribution < 1.29 is 9.53 Å². The molecule has 0 atom stereocenters. The van der Waals surface area contributed by atoms with Gasteiger partial charge >= 0.3 is 5.97 Å². The van der Waals surface area contributed by atoms with Crippen LogP contribution in [0, 0.1) is 6.92 Å². The molecule has 1 heterocycles. The molecule has 0 amide bonds. The largest absolute Gasteiger partial charge is 0.462 e. The first-order chi connectivity index (χ1) is 13.6. The van der Waals surface area contributed by atoms with Crippen LogP contribution in [0.4, 0.5) is 23.1 Å². The van der Waals surface area contributed by atoms with Gasteiger partial charge in [0.25, 0.3) is 0 Å². The lowest BCUT2D eigenvalue weighted by molar-refractivity contribution is 0.0526. The van der Waals surface area contributed by atoms with Crippen LogP contribution in [0.15, 0.2) is 60.7 Å². The average Bonchev–Trinajstić information content (AvgIpc) is 2.70. The van der Waals surface area contributed by atoms with Crippen molar-refractivity contribution in [3.05, 3.63) is 71.9 Å². The summed E-state index contributed by atoms with van der Waals surface area (Å²) in [4.78, 5) is 23.1. The van der Waals surface area contributed by atoms with Crippen LogP contribution in [0.3, 0.4) is 0 Å². The van der Waals surface area contributed by atoms with Crippen LogP contribution >= 0.6 is 0 Å². The SMILES string of the molecule is CCOC(=O)c1ccc(Nc2cc(C)nc(N(CC)c3ccccc3)n2)cc1. The van der Waals surface area contributed by atoms with Crippen molar-refractivity contribution in [1.29, 1.82) is 0 Å². The maximum absolute atomic E-state index is 11.8.